The largest absolute Gasteiger partial charge is 0.481 e. The molecule has 1 heterocycles. The van der Waals surface area contributed by atoms with Crippen molar-refractivity contribution < 1.29 is 14.3 Å². The van der Waals surface area contributed by atoms with Crippen molar-refractivity contribution in [1.29, 1.82) is 0 Å². The summed E-state index contributed by atoms with van der Waals surface area (Å²) in [6, 6.07) is 4.66. The van der Waals surface area contributed by atoms with Crippen LogP contribution in [0.15, 0.2) is 23.2 Å². The molecule has 0 fully saturated rings. The van der Waals surface area contributed by atoms with Crippen molar-refractivity contribution in [2.45, 2.75) is 18.4 Å². The molecule has 0 amide bonds. The van der Waals surface area contributed by atoms with E-state index in [2.05, 4.69) is 9.97 Å². The summed E-state index contributed by atoms with van der Waals surface area (Å²) in [6.45, 7) is 1.73. The fourth-order valence-electron chi connectivity index (χ4n) is 1.56. The molecule has 6 heteroatoms. The van der Waals surface area contributed by atoms with Crippen molar-refractivity contribution in [3.8, 4) is 0 Å². The molecule has 2 rings (SSSR count). The summed E-state index contributed by atoms with van der Waals surface area (Å²) in [7, 11) is 0. The van der Waals surface area contributed by atoms with Crippen molar-refractivity contribution in [3.05, 3.63) is 29.8 Å². The van der Waals surface area contributed by atoms with Crippen LogP contribution >= 0.6 is 11.8 Å². The summed E-state index contributed by atoms with van der Waals surface area (Å²) in [4.78, 5) is 18.8. The van der Waals surface area contributed by atoms with Gasteiger partial charge in [0.15, 0.2) is 0 Å². The van der Waals surface area contributed by atoms with E-state index in [1.54, 1.807) is 19.1 Å². The highest BCUT2D eigenvalue weighted by Crippen LogP contribution is 2.27. The van der Waals surface area contributed by atoms with Crippen LogP contribution in [0.3, 0.4) is 0 Å². The van der Waals surface area contributed by atoms with Crippen LogP contribution in [0.4, 0.5) is 4.39 Å². The molecule has 1 aromatic carbocycles. The first-order chi connectivity index (χ1) is 8.58. The van der Waals surface area contributed by atoms with Crippen LogP contribution in [0.5, 0.6) is 0 Å². The van der Waals surface area contributed by atoms with Crippen LogP contribution in [-0.4, -0.2) is 26.8 Å². The summed E-state index contributed by atoms with van der Waals surface area (Å²) in [5.41, 5.74) is 0.542. The minimum Gasteiger partial charge on any atom is -0.481 e. The zero-order chi connectivity index (χ0) is 13.1. The van der Waals surface area contributed by atoms with Gasteiger partial charge in [0.25, 0.3) is 0 Å². The predicted molar refractivity (Wildman–Crippen MR) is 67.2 cm³/mol. The quantitative estimate of drug-likeness (QED) is 0.681. The molecule has 4 nitrogen and oxygen atoms in total. The minimum absolute atomic E-state index is 0.0175. The number of carbonyl (C=O) groups is 1. The molecule has 0 aliphatic heterocycles. The maximum absolute atomic E-state index is 13.8. The van der Waals surface area contributed by atoms with Gasteiger partial charge in [-0.05, 0) is 19.1 Å². The number of halogens is 1. The summed E-state index contributed by atoms with van der Waals surface area (Å²) in [5, 5.41) is 9.45. The van der Waals surface area contributed by atoms with E-state index < -0.39 is 5.97 Å². The number of nitrogens with zero attached hydrogens (tertiary/aromatic N) is 2. The van der Waals surface area contributed by atoms with Gasteiger partial charge in [-0.25, -0.2) is 14.4 Å². The Balaban J connectivity index is 2.39. The molecule has 0 saturated carbocycles. The van der Waals surface area contributed by atoms with Gasteiger partial charge in [0.1, 0.15) is 16.7 Å². The Morgan fingerprint density at radius 1 is 1.44 bits per heavy atom. The molecule has 1 aromatic heterocycles. The monoisotopic (exact) mass is 266 g/mol. The Labute approximate surface area is 107 Å². The molecule has 1 N–H and O–H groups in total. The number of carboxylic acid groups (broad SMARTS) is 1. The maximum Gasteiger partial charge on any atom is 0.304 e. The second-order valence-electron chi connectivity index (χ2n) is 3.70. The Morgan fingerprint density at radius 3 is 2.94 bits per heavy atom. The van der Waals surface area contributed by atoms with Gasteiger partial charge in [-0.2, -0.15) is 0 Å². The van der Waals surface area contributed by atoms with Gasteiger partial charge >= 0.3 is 5.97 Å². The van der Waals surface area contributed by atoms with Crippen LogP contribution in [0, 0.1) is 12.7 Å². The highest BCUT2D eigenvalue weighted by Gasteiger charge is 2.11. The number of hydrogen-bond acceptors (Lipinski definition) is 4. The van der Waals surface area contributed by atoms with Gasteiger partial charge in [-0.1, -0.05) is 6.07 Å². The lowest BCUT2D eigenvalue weighted by Gasteiger charge is -2.06. The number of hydrogen-bond donors (Lipinski definition) is 1. The van der Waals surface area contributed by atoms with Crippen LogP contribution in [0.25, 0.3) is 10.9 Å². The smallest absolute Gasteiger partial charge is 0.304 e. The van der Waals surface area contributed by atoms with Crippen LogP contribution in [0.1, 0.15) is 12.2 Å². The minimum atomic E-state index is -0.877. The maximum atomic E-state index is 13.8. The predicted octanol–water partition coefficient (Wildman–Crippen LogP) is 2.64. The molecule has 0 aliphatic rings. The number of thioether (sulfide) groups is 1. The van der Waals surface area contributed by atoms with Crippen molar-refractivity contribution in [2.24, 2.45) is 0 Å². The van der Waals surface area contributed by atoms with Gasteiger partial charge in [-0.15, -0.1) is 11.8 Å². The first kappa shape index (κ1) is 12.8. The van der Waals surface area contributed by atoms with Gasteiger partial charge in [0, 0.05) is 5.75 Å². The number of fused-ring (bicyclic) bond motifs is 1. The van der Waals surface area contributed by atoms with E-state index in [0.29, 0.717) is 27.5 Å². The van der Waals surface area contributed by atoms with Gasteiger partial charge < -0.3 is 5.11 Å². The van der Waals surface area contributed by atoms with E-state index in [1.165, 1.54) is 17.8 Å². The molecule has 0 aliphatic carbocycles. The van der Waals surface area contributed by atoms with Crippen LogP contribution in [-0.2, 0) is 4.79 Å². The average molecular weight is 266 g/mol. The fourth-order valence-corrected chi connectivity index (χ4v) is 2.57. The lowest BCUT2D eigenvalue weighted by Crippen LogP contribution is -1.99. The first-order valence-electron chi connectivity index (χ1n) is 5.35. The molecule has 0 unspecified atom stereocenters. The molecule has 0 saturated heterocycles. The fraction of sp³-hybridized carbons (Fsp3) is 0.250. The standard InChI is InChI=1S/C12H11FN2O2S/c1-7-14-9-4-2-3-8(13)11(9)12(15-7)18-6-5-10(16)17/h2-4H,5-6H2,1H3,(H,16,17). The lowest BCUT2D eigenvalue weighted by molar-refractivity contribution is -0.136. The van der Waals surface area contributed by atoms with Crippen molar-refractivity contribution in [3.63, 3.8) is 0 Å². The third-order valence-corrected chi connectivity index (χ3v) is 3.28. The summed E-state index contributed by atoms with van der Waals surface area (Å²) >= 11 is 1.23. The average Bonchev–Trinajstić information content (AvgIpc) is 2.27. The molecular weight excluding hydrogens is 255 g/mol. The highest BCUT2D eigenvalue weighted by atomic mass is 32.2. The number of carboxylic acids is 1. The second kappa shape index (κ2) is 5.30. The molecule has 94 valence electrons. The van der Waals surface area contributed by atoms with E-state index in [0.717, 1.165) is 0 Å². The van der Waals surface area contributed by atoms with E-state index in [4.69, 9.17) is 5.11 Å². The molecule has 0 spiro atoms. The lowest BCUT2D eigenvalue weighted by atomic mass is 10.2. The van der Waals surface area contributed by atoms with Crippen molar-refractivity contribution >= 4 is 28.6 Å². The van der Waals surface area contributed by atoms with Crippen molar-refractivity contribution in [2.75, 3.05) is 5.75 Å². The zero-order valence-electron chi connectivity index (χ0n) is 9.68. The molecule has 0 radical (unpaired) electrons. The molecule has 0 bridgehead atoms. The zero-order valence-corrected chi connectivity index (χ0v) is 10.5. The first-order valence-corrected chi connectivity index (χ1v) is 6.34. The Morgan fingerprint density at radius 2 is 2.22 bits per heavy atom. The summed E-state index contributed by atoms with van der Waals surface area (Å²) in [5.74, 6) is -0.357. The second-order valence-corrected chi connectivity index (χ2v) is 4.79. The molecule has 0 atom stereocenters. The Kier molecular flexibility index (Phi) is 3.76. The van der Waals surface area contributed by atoms with E-state index in [9.17, 15) is 9.18 Å². The SMILES string of the molecule is Cc1nc(SCCC(=O)O)c2c(F)cccc2n1. The van der Waals surface area contributed by atoms with E-state index in [1.807, 2.05) is 0 Å². The summed E-state index contributed by atoms with van der Waals surface area (Å²) < 4.78 is 13.8. The third-order valence-electron chi connectivity index (χ3n) is 2.31. The number of aromatic nitrogens is 2. The molecule has 2 aromatic rings. The Bertz CT molecular complexity index is 604. The number of rotatable bonds is 4. The van der Waals surface area contributed by atoms with Crippen LogP contribution < -0.4 is 0 Å². The van der Waals surface area contributed by atoms with Crippen LogP contribution in [0.2, 0.25) is 0 Å². The van der Waals surface area contributed by atoms with E-state index in [-0.39, 0.29) is 12.2 Å². The molecule has 18 heavy (non-hydrogen) atoms. The normalized spacial score (nSPS) is 10.8. The highest BCUT2D eigenvalue weighted by molar-refractivity contribution is 7.99. The number of aliphatic carboxylic acids is 1. The van der Waals surface area contributed by atoms with Gasteiger partial charge in [0.05, 0.1) is 17.3 Å². The topological polar surface area (TPSA) is 63.1 Å². The molecular formula is C12H11FN2O2S. The summed E-state index contributed by atoms with van der Waals surface area (Å²) in [6.07, 6.45) is 0.0175. The number of benzene rings is 1. The van der Waals surface area contributed by atoms with Gasteiger partial charge in [0.2, 0.25) is 0 Å². The van der Waals surface area contributed by atoms with E-state index >= 15 is 0 Å². The van der Waals surface area contributed by atoms with Gasteiger partial charge in [-0.3, -0.25) is 4.79 Å². The third kappa shape index (κ3) is 2.76. The Hall–Kier alpha value is -1.69. The van der Waals surface area contributed by atoms with Crippen molar-refractivity contribution in [1.82, 2.24) is 9.97 Å². The number of aryl methyl sites for hydroxylation is 1.